The number of piperidine rings is 1. The topological polar surface area (TPSA) is 58.6 Å². The summed E-state index contributed by atoms with van der Waals surface area (Å²) >= 11 is 5.84. The summed E-state index contributed by atoms with van der Waals surface area (Å²) in [7, 11) is 0. The van der Waals surface area contributed by atoms with E-state index in [0.717, 1.165) is 44.5 Å². The van der Waals surface area contributed by atoms with Crippen molar-refractivity contribution in [2.24, 2.45) is 0 Å². The van der Waals surface area contributed by atoms with Crippen LogP contribution in [0.1, 0.15) is 36.0 Å². The van der Waals surface area contributed by atoms with Gasteiger partial charge in [0, 0.05) is 36.6 Å². The van der Waals surface area contributed by atoms with Gasteiger partial charge in [-0.3, -0.25) is 9.59 Å². The number of Topliss-reactive ketones (excluding diaryl/α,β-unsaturated/α-hetero) is 1. The average Bonchev–Trinajstić information content (AvgIpc) is 2.60. The van der Waals surface area contributed by atoms with Crippen LogP contribution in [0.5, 0.6) is 0 Å². The Kier molecular flexibility index (Phi) is 5.54. The zero-order chi connectivity index (χ0) is 17.0. The highest BCUT2D eigenvalue weighted by Crippen LogP contribution is 2.27. The lowest BCUT2D eigenvalue weighted by molar-refractivity contribution is -0.150. The van der Waals surface area contributed by atoms with Crippen LogP contribution in [-0.2, 0) is 9.53 Å². The van der Waals surface area contributed by atoms with Crippen LogP contribution in [0, 0.1) is 0 Å². The quantitative estimate of drug-likeness (QED) is 0.828. The number of halogens is 1. The number of hydrogen-bond acceptors (Lipinski definition) is 4. The van der Waals surface area contributed by atoms with Crippen LogP contribution in [-0.4, -0.2) is 55.0 Å². The van der Waals surface area contributed by atoms with E-state index in [1.54, 1.807) is 24.3 Å². The van der Waals surface area contributed by atoms with Gasteiger partial charge in [-0.1, -0.05) is 11.6 Å². The number of carbonyl (C=O) groups excluding carboxylic acids is 2. The van der Waals surface area contributed by atoms with Crippen molar-refractivity contribution < 1.29 is 14.3 Å². The third kappa shape index (κ3) is 4.35. The van der Waals surface area contributed by atoms with Crippen LogP contribution >= 0.6 is 11.6 Å². The van der Waals surface area contributed by atoms with Crippen molar-refractivity contribution in [1.29, 1.82) is 0 Å². The molecule has 2 saturated heterocycles. The molecule has 3 rings (SSSR count). The van der Waals surface area contributed by atoms with Crippen molar-refractivity contribution in [2.75, 3.05) is 32.8 Å². The summed E-state index contributed by atoms with van der Waals surface area (Å²) in [5, 5.41) is 3.55. The number of morpholine rings is 1. The molecule has 2 heterocycles. The van der Waals surface area contributed by atoms with Crippen LogP contribution in [0.4, 0.5) is 0 Å². The lowest BCUT2D eigenvalue weighted by Gasteiger charge is -2.43. The van der Waals surface area contributed by atoms with Gasteiger partial charge in [-0.2, -0.15) is 0 Å². The number of rotatable bonds is 5. The van der Waals surface area contributed by atoms with E-state index in [2.05, 4.69) is 10.2 Å². The molecule has 0 radical (unpaired) electrons. The maximum atomic E-state index is 12.1. The third-order valence-electron chi connectivity index (χ3n) is 4.93. The lowest BCUT2D eigenvalue weighted by Crippen LogP contribution is -2.57. The number of likely N-dealkylation sites (tertiary alicyclic amines) is 1. The molecule has 0 bridgehead atoms. The Morgan fingerprint density at radius 3 is 2.58 bits per heavy atom. The van der Waals surface area contributed by atoms with E-state index in [0.29, 0.717) is 18.0 Å². The van der Waals surface area contributed by atoms with E-state index >= 15 is 0 Å². The minimum Gasteiger partial charge on any atom is -0.363 e. The van der Waals surface area contributed by atoms with Gasteiger partial charge in [-0.05, 0) is 50.1 Å². The van der Waals surface area contributed by atoms with Gasteiger partial charge in [0.1, 0.15) is 6.61 Å². The van der Waals surface area contributed by atoms with E-state index in [1.165, 1.54) is 0 Å². The molecule has 1 spiro atoms. The Balaban J connectivity index is 1.38. The summed E-state index contributed by atoms with van der Waals surface area (Å²) in [6, 6.07) is 7.07. The summed E-state index contributed by atoms with van der Waals surface area (Å²) in [6.07, 6.45) is 3.26. The summed E-state index contributed by atoms with van der Waals surface area (Å²) < 4.78 is 5.77. The minimum absolute atomic E-state index is 0.0243. The first-order valence-electron chi connectivity index (χ1n) is 8.48. The molecule has 1 N–H and O–H groups in total. The second kappa shape index (κ2) is 7.64. The maximum absolute atomic E-state index is 12.1. The summed E-state index contributed by atoms with van der Waals surface area (Å²) in [4.78, 5) is 25.7. The van der Waals surface area contributed by atoms with Gasteiger partial charge in [0.15, 0.2) is 5.78 Å². The molecule has 0 aromatic heterocycles. The molecule has 2 aliphatic heterocycles. The van der Waals surface area contributed by atoms with Gasteiger partial charge in [-0.25, -0.2) is 0 Å². The number of benzene rings is 1. The number of ether oxygens (including phenoxy) is 1. The van der Waals surface area contributed by atoms with Crippen molar-refractivity contribution in [1.82, 2.24) is 10.2 Å². The first-order valence-corrected chi connectivity index (χ1v) is 8.86. The molecule has 24 heavy (non-hydrogen) atoms. The Labute approximate surface area is 147 Å². The van der Waals surface area contributed by atoms with E-state index in [4.69, 9.17) is 16.3 Å². The number of nitrogens with one attached hydrogen (secondary N) is 1. The number of hydrogen-bond donors (Lipinski definition) is 1. The molecule has 0 aliphatic carbocycles. The predicted octanol–water partition coefficient (Wildman–Crippen LogP) is 2.28. The Hall–Kier alpha value is -1.43. The van der Waals surface area contributed by atoms with Gasteiger partial charge >= 0.3 is 0 Å². The van der Waals surface area contributed by atoms with E-state index in [1.807, 2.05) is 0 Å². The van der Waals surface area contributed by atoms with Gasteiger partial charge < -0.3 is 15.0 Å². The molecular formula is C18H23ClN2O3. The summed E-state index contributed by atoms with van der Waals surface area (Å²) in [5.41, 5.74) is 0.548. The van der Waals surface area contributed by atoms with Crippen LogP contribution in [0.3, 0.4) is 0 Å². The molecule has 2 aliphatic rings. The highest BCUT2D eigenvalue weighted by atomic mass is 35.5. The van der Waals surface area contributed by atoms with Gasteiger partial charge in [0.2, 0.25) is 5.91 Å². The molecule has 130 valence electrons. The number of carbonyl (C=O) groups is 2. The second-order valence-electron chi connectivity index (χ2n) is 6.62. The third-order valence-corrected chi connectivity index (χ3v) is 5.18. The van der Waals surface area contributed by atoms with E-state index in [9.17, 15) is 9.59 Å². The normalized spacial score (nSPS) is 20.8. The standard InChI is InChI=1S/C18H23ClN2O3/c19-15-5-3-14(4-6-15)16(22)2-1-9-21-10-7-18(8-11-21)13-20-17(23)12-24-18/h3-6H,1-2,7-13H2,(H,20,23). The van der Waals surface area contributed by atoms with Crippen molar-refractivity contribution in [3.63, 3.8) is 0 Å². The molecule has 5 nitrogen and oxygen atoms in total. The van der Waals surface area contributed by atoms with Crippen LogP contribution < -0.4 is 5.32 Å². The predicted molar refractivity (Wildman–Crippen MR) is 92.4 cm³/mol. The van der Waals surface area contributed by atoms with E-state index in [-0.39, 0.29) is 23.9 Å². The molecule has 1 aromatic rings. The number of ketones is 1. The molecule has 6 heteroatoms. The zero-order valence-electron chi connectivity index (χ0n) is 13.7. The minimum atomic E-state index is -0.177. The molecule has 0 unspecified atom stereocenters. The fourth-order valence-corrected chi connectivity index (χ4v) is 3.45. The second-order valence-corrected chi connectivity index (χ2v) is 7.06. The summed E-state index contributed by atoms with van der Waals surface area (Å²) in [5.74, 6) is 0.141. The highest BCUT2D eigenvalue weighted by molar-refractivity contribution is 6.30. The molecule has 2 fully saturated rings. The fourth-order valence-electron chi connectivity index (χ4n) is 3.33. The first-order chi connectivity index (χ1) is 11.6. The largest absolute Gasteiger partial charge is 0.363 e. The highest BCUT2D eigenvalue weighted by Gasteiger charge is 2.38. The Bertz CT molecular complexity index is 583. The first kappa shape index (κ1) is 17.4. The Morgan fingerprint density at radius 1 is 1.25 bits per heavy atom. The van der Waals surface area contributed by atoms with Gasteiger partial charge in [0.05, 0.1) is 5.60 Å². The molecule has 0 saturated carbocycles. The SMILES string of the molecule is O=C1COC2(CCN(CCCC(=O)c3ccc(Cl)cc3)CC2)CN1. The molecule has 0 atom stereocenters. The molecular weight excluding hydrogens is 328 g/mol. The number of amides is 1. The van der Waals surface area contributed by atoms with Crippen LogP contribution in [0.15, 0.2) is 24.3 Å². The summed E-state index contributed by atoms with van der Waals surface area (Å²) in [6.45, 7) is 3.61. The average molecular weight is 351 g/mol. The van der Waals surface area contributed by atoms with Gasteiger partial charge in [-0.15, -0.1) is 0 Å². The number of nitrogens with zero attached hydrogens (tertiary/aromatic N) is 1. The zero-order valence-corrected chi connectivity index (χ0v) is 14.5. The maximum Gasteiger partial charge on any atom is 0.246 e. The Morgan fingerprint density at radius 2 is 1.96 bits per heavy atom. The van der Waals surface area contributed by atoms with Crippen LogP contribution in [0.25, 0.3) is 0 Å². The van der Waals surface area contributed by atoms with Crippen molar-refractivity contribution >= 4 is 23.3 Å². The van der Waals surface area contributed by atoms with Gasteiger partial charge in [0.25, 0.3) is 0 Å². The van der Waals surface area contributed by atoms with Crippen molar-refractivity contribution in [3.05, 3.63) is 34.9 Å². The molecule has 1 amide bonds. The van der Waals surface area contributed by atoms with E-state index < -0.39 is 0 Å². The fraction of sp³-hybridized carbons (Fsp3) is 0.556. The lowest BCUT2D eigenvalue weighted by atomic mass is 9.90. The molecule has 1 aromatic carbocycles. The smallest absolute Gasteiger partial charge is 0.246 e. The van der Waals surface area contributed by atoms with Crippen molar-refractivity contribution in [3.8, 4) is 0 Å². The monoisotopic (exact) mass is 350 g/mol. The van der Waals surface area contributed by atoms with Crippen LogP contribution in [0.2, 0.25) is 5.02 Å². The van der Waals surface area contributed by atoms with Crippen molar-refractivity contribution in [2.45, 2.75) is 31.3 Å².